The summed E-state index contributed by atoms with van der Waals surface area (Å²) in [6.07, 6.45) is 7.46. The molecule has 0 bridgehead atoms. The third-order valence-electron chi connectivity index (χ3n) is 3.25. The molecule has 19 heavy (non-hydrogen) atoms. The van der Waals surface area contributed by atoms with E-state index in [1.165, 1.54) is 32.1 Å². The molecule has 106 valence electrons. The van der Waals surface area contributed by atoms with Gasteiger partial charge in [0.15, 0.2) is 0 Å². The second-order valence-electron chi connectivity index (χ2n) is 5.05. The molecular weight excluding hydrogens is 238 g/mol. The lowest BCUT2D eigenvalue weighted by atomic mass is 10.1. The van der Waals surface area contributed by atoms with Crippen LogP contribution in [0.3, 0.4) is 0 Å². The summed E-state index contributed by atoms with van der Waals surface area (Å²) < 4.78 is 0. The minimum Gasteiger partial charge on any atom is -0.478 e. The van der Waals surface area contributed by atoms with E-state index in [1.807, 2.05) is 19.1 Å². The maximum absolute atomic E-state index is 11.1. The van der Waals surface area contributed by atoms with Crippen LogP contribution in [0, 0.1) is 6.92 Å². The first-order chi connectivity index (χ1) is 9.15. The highest BCUT2D eigenvalue weighted by atomic mass is 16.4. The number of rotatable bonds is 9. The molecule has 0 amide bonds. The first kappa shape index (κ1) is 15.5. The van der Waals surface area contributed by atoms with Gasteiger partial charge in [-0.3, -0.25) is 0 Å². The molecule has 0 radical (unpaired) electrons. The SMILES string of the molecule is CCCCCCCCNc1cc(C)ccc1C(=O)O. The normalized spacial score (nSPS) is 10.4. The van der Waals surface area contributed by atoms with Gasteiger partial charge in [0.2, 0.25) is 0 Å². The molecule has 0 aliphatic rings. The second-order valence-corrected chi connectivity index (χ2v) is 5.05. The number of anilines is 1. The van der Waals surface area contributed by atoms with Crippen molar-refractivity contribution in [3.05, 3.63) is 29.3 Å². The summed E-state index contributed by atoms with van der Waals surface area (Å²) >= 11 is 0. The van der Waals surface area contributed by atoms with Crippen molar-refractivity contribution in [2.45, 2.75) is 52.4 Å². The minimum atomic E-state index is -0.870. The molecule has 2 N–H and O–H groups in total. The highest BCUT2D eigenvalue weighted by molar-refractivity contribution is 5.94. The van der Waals surface area contributed by atoms with Crippen LogP contribution in [-0.4, -0.2) is 17.6 Å². The van der Waals surface area contributed by atoms with Crippen LogP contribution < -0.4 is 5.32 Å². The van der Waals surface area contributed by atoms with Crippen molar-refractivity contribution in [1.29, 1.82) is 0 Å². The third kappa shape index (κ3) is 5.77. The van der Waals surface area contributed by atoms with Crippen LogP contribution in [0.5, 0.6) is 0 Å². The van der Waals surface area contributed by atoms with Gasteiger partial charge in [0.25, 0.3) is 0 Å². The van der Waals surface area contributed by atoms with Crippen LogP contribution >= 0.6 is 0 Å². The monoisotopic (exact) mass is 263 g/mol. The number of carboxylic acid groups (broad SMARTS) is 1. The summed E-state index contributed by atoms with van der Waals surface area (Å²) in [5, 5.41) is 12.4. The molecule has 1 aromatic carbocycles. The lowest BCUT2D eigenvalue weighted by Gasteiger charge is -2.10. The molecule has 0 unspecified atom stereocenters. The summed E-state index contributed by atoms with van der Waals surface area (Å²) in [6.45, 7) is 5.03. The Hall–Kier alpha value is -1.51. The number of aromatic carboxylic acids is 1. The van der Waals surface area contributed by atoms with Crippen molar-refractivity contribution in [3.8, 4) is 0 Å². The maximum atomic E-state index is 11.1. The Labute approximate surface area is 116 Å². The summed E-state index contributed by atoms with van der Waals surface area (Å²) in [6, 6.07) is 5.40. The molecule has 1 aromatic rings. The Bertz CT molecular complexity index is 402. The van der Waals surface area contributed by atoms with Gasteiger partial charge in [0.05, 0.1) is 5.56 Å². The summed E-state index contributed by atoms with van der Waals surface area (Å²) in [5.74, 6) is -0.870. The van der Waals surface area contributed by atoms with Crippen LogP contribution in [0.1, 0.15) is 61.4 Å². The number of aryl methyl sites for hydroxylation is 1. The molecule has 3 nitrogen and oxygen atoms in total. The van der Waals surface area contributed by atoms with E-state index in [4.69, 9.17) is 5.11 Å². The largest absolute Gasteiger partial charge is 0.478 e. The van der Waals surface area contributed by atoms with Gasteiger partial charge in [-0.1, -0.05) is 45.1 Å². The van der Waals surface area contributed by atoms with Gasteiger partial charge in [-0.15, -0.1) is 0 Å². The molecule has 0 atom stereocenters. The Morgan fingerprint density at radius 1 is 1.16 bits per heavy atom. The molecular formula is C16H25NO2. The summed E-state index contributed by atoms with van der Waals surface area (Å²) in [4.78, 5) is 11.1. The fourth-order valence-corrected chi connectivity index (χ4v) is 2.12. The van der Waals surface area contributed by atoms with E-state index in [-0.39, 0.29) is 0 Å². The van der Waals surface area contributed by atoms with Gasteiger partial charge < -0.3 is 10.4 Å². The van der Waals surface area contributed by atoms with E-state index in [2.05, 4.69) is 12.2 Å². The summed E-state index contributed by atoms with van der Waals surface area (Å²) in [7, 11) is 0. The zero-order valence-corrected chi connectivity index (χ0v) is 12.0. The van der Waals surface area contributed by atoms with Gasteiger partial charge in [-0.25, -0.2) is 4.79 Å². The van der Waals surface area contributed by atoms with E-state index in [0.717, 1.165) is 24.2 Å². The Kier molecular flexibility index (Phi) is 7.01. The van der Waals surface area contributed by atoms with Crippen LogP contribution in [0.15, 0.2) is 18.2 Å². The zero-order chi connectivity index (χ0) is 14.1. The fourth-order valence-electron chi connectivity index (χ4n) is 2.12. The highest BCUT2D eigenvalue weighted by Crippen LogP contribution is 2.18. The van der Waals surface area contributed by atoms with Gasteiger partial charge in [-0.2, -0.15) is 0 Å². The summed E-state index contributed by atoms with van der Waals surface area (Å²) in [5.41, 5.74) is 2.17. The van der Waals surface area contributed by atoms with Crippen molar-refractivity contribution < 1.29 is 9.90 Å². The van der Waals surface area contributed by atoms with Crippen molar-refractivity contribution in [3.63, 3.8) is 0 Å². The molecule has 0 aliphatic carbocycles. The van der Waals surface area contributed by atoms with Crippen LogP contribution in [0.25, 0.3) is 0 Å². The van der Waals surface area contributed by atoms with Gasteiger partial charge in [0.1, 0.15) is 0 Å². The van der Waals surface area contributed by atoms with E-state index in [9.17, 15) is 4.79 Å². The standard InChI is InChI=1S/C16H25NO2/c1-3-4-5-6-7-8-11-17-15-12-13(2)9-10-14(15)16(18)19/h9-10,12,17H,3-8,11H2,1-2H3,(H,18,19). The van der Waals surface area contributed by atoms with Gasteiger partial charge >= 0.3 is 5.97 Å². The Morgan fingerprint density at radius 2 is 1.84 bits per heavy atom. The molecule has 0 fully saturated rings. The molecule has 1 rings (SSSR count). The topological polar surface area (TPSA) is 49.3 Å². The van der Waals surface area contributed by atoms with Gasteiger partial charge in [0, 0.05) is 12.2 Å². The average Bonchev–Trinajstić information content (AvgIpc) is 2.37. The maximum Gasteiger partial charge on any atom is 0.337 e. The zero-order valence-electron chi connectivity index (χ0n) is 12.0. The highest BCUT2D eigenvalue weighted by Gasteiger charge is 2.09. The van der Waals surface area contributed by atoms with Crippen molar-refractivity contribution in [1.82, 2.24) is 0 Å². The average molecular weight is 263 g/mol. The van der Waals surface area contributed by atoms with Crippen LogP contribution in [0.2, 0.25) is 0 Å². The Balaban J connectivity index is 2.36. The molecule has 0 aromatic heterocycles. The van der Waals surface area contributed by atoms with Crippen LogP contribution in [0.4, 0.5) is 5.69 Å². The molecule has 0 saturated heterocycles. The smallest absolute Gasteiger partial charge is 0.337 e. The molecule has 0 spiro atoms. The third-order valence-corrected chi connectivity index (χ3v) is 3.25. The minimum absolute atomic E-state index is 0.358. The lowest BCUT2D eigenvalue weighted by molar-refractivity contribution is 0.0698. The van der Waals surface area contributed by atoms with Crippen molar-refractivity contribution in [2.75, 3.05) is 11.9 Å². The second kappa shape index (κ2) is 8.57. The first-order valence-corrected chi connectivity index (χ1v) is 7.23. The van der Waals surface area contributed by atoms with Crippen molar-refractivity contribution in [2.24, 2.45) is 0 Å². The molecule has 3 heteroatoms. The van der Waals surface area contributed by atoms with Gasteiger partial charge in [-0.05, 0) is 31.0 Å². The number of benzene rings is 1. The number of carboxylic acids is 1. The number of carbonyl (C=O) groups is 1. The fraction of sp³-hybridized carbons (Fsp3) is 0.562. The van der Waals surface area contributed by atoms with E-state index >= 15 is 0 Å². The molecule has 0 heterocycles. The number of unbranched alkanes of at least 4 members (excludes halogenated alkanes) is 5. The Morgan fingerprint density at radius 3 is 2.53 bits per heavy atom. The molecule has 0 aliphatic heterocycles. The van der Waals surface area contributed by atoms with Crippen LogP contribution in [-0.2, 0) is 0 Å². The number of nitrogens with one attached hydrogen (secondary N) is 1. The van der Waals surface area contributed by atoms with E-state index in [1.54, 1.807) is 6.07 Å². The predicted octanol–water partition coefficient (Wildman–Crippen LogP) is 4.47. The number of hydrogen-bond acceptors (Lipinski definition) is 2. The number of hydrogen-bond donors (Lipinski definition) is 2. The first-order valence-electron chi connectivity index (χ1n) is 7.23. The predicted molar refractivity (Wildman–Crippen MR) is 80.0 cm³/mol. The van der Waals surface area contributed by atoms with E-state index in [0.29, 0.717) is 5.56 Å². The lowest BCUT2D eigenvalue weighted by Crippen LogP contribution is -2.08. The van der Waals surface area contributed by atoms with E-state index < -0.39 is 5.97 Å². The quantitative estimate of drug-likeness (QED) is 0.646. The van der Waals surface area contributed by atoms with Crippen molar-refractivity contribution >= 4 is 11.7 Å². The molecule has 0 saturated carbocycles.